The minimum Gasteiger partial charge on any atom is -0.505 e. The molecule has 0 saturated carbocycles. The Morgan fingerprint density at radius 3 is 2.33 bits per heavy atom. The van der Waals surface area contributed by atoms with Gasteiger partial charge in [-0.2, -0.15) is 9.78 Å². The van der Waals surface area contributed by atoms with E-state index in [1.165, 1.54) is 0 Å². The first-order valence-electron chi connectivity index (χ1n) is 8.09. The van der Waals surface area contributed by atoms with Crippen LogP contribution in [0.15, 0.2) is 66.9 Å². The SMILES string of the molecule is O/C(=C(\c1ccccc1)n1ncc2c1OCCC2)c1ccccc1. The lowest BCUT2D eigenvalue weighted by Gasteiger charge is -2.18. The van der Waals surface area contributed by atoms with Gasteiger partial charge in [0.2, 0.25) is 5.88 Å². The number of aliphatic hydroxyl groups is 1. The zero-order chi connectivity index (χ0) is 16.4. The van der Waals surface area contributed by atoms with Crippen molar-refractivity contribution in [2.45, 2.75) is 12.8 Å². The predicted molar refractivity (Wildman–Crippen MR) is 93.8 cm³/mol. The minimum atomic E-state index is 0.182. The van der Waals surface area contributed by atoms with E-state index in [2.05, 4.69) is 5.10 Å². The van der Waals surface area contributed by atoms with E-state index in [0.29, 0.717) is 12.3 Å². The standard InChI is InChI=1S/C20H18N2O2/c23-19(16-10-5-2-6-11-16)18(15-8-3-1-4-9-15)22-20-17(14-21-22)12-7-13-24-20/h1-6,8-11,14,23H,7,12-13H2/b19-18+. The average molecular weight is 318 g/mol. The molecule has 0 radical (unpaired) electrons. The first-order chi connectivity index (χ1) is 11.8. The van der Waals surface area contributed by atoms with Gasteiger partial charge in [0.05, 0.1) is 12.8 Å². The highest BCUT2D eigenvalue weighted by Gasteiger charge is 2.22. The van der Waals surface area contributed by atoms with Gasteiger partial charge in [-0.05, 0) is 12.8 Å². The van der Waals surface area contributed by atoms with Gasteiger partial charge in [0.25, 0.3) is 0 Å². The van der Waals surface area contributed by atoms with E-state index >= 15 is 0 Å². The molecule has 4 rings (SSSR count). The molecule has 4 nitrogen and oxygen atoms in total. The minimum absolute atomic E-state index is 0.182. The van der Waals surface area contributed by atoms with Gasteiger partial charge in [-0.15, -0.1) is 0 Å². The van der Waals surface area contributed by atoms with Crippen LogP contribution in [-0.4, -0.2) is 21.5 Å². The van der Waals surface area contributed by atoms with Crippen LogP contribution in [-0.2, 0) is 6.42 Å². The summed E-state index contributed by atoms with van der Waals surface area (Å²) in [6.07, 6.45) is 3.77. The van der Waals surface area contributed by atoms with Crippen LogP contribution in [0.2, 0.25) is 0 Å². The first-order valence-corrected chi connectivity index (χ1v) is 8.09. The monoisotopic (exact) mass is 318 g/mol. The van der Waals surface area contributed by atoms with Crippen LogP contribution in [0.1, 0.15) is 23.1 Å². The molecule has 4 heteroatoms. The van der Waals surface area contributed by atoms with Gasteiger partial charge in [0, 0.05) is 16.7 Å². The molecule has 120 valence electrons. The van der Waals surface area contributed by atoms with Gasteiger partial charge in [0.1, 0.15) is 11.5 Å². The third-order valence-electron chi connectivity index (χ3n) is 4.16. The van der Waals surface area contributed by atoms with Crippen molar-refractivity contribution in [1.29, 1.82) is 0 Å². The number of aliphatic hydroxyl groups excluding tert-OH is 1. The summed E-state index contributed by atoms with van der Waals surface area (Å²) in [5, 5.41) is 15.5. The summed E-state index contributed by atoms with van der Waals surface area (Å²) in [5.74, 6) is 0.907. The van der Waals surface area contributed by atoms with Crippen LogP contribution < -0.4 is 4.74 Å². The number of aromatic nitrogens is 2. The number of hydrogen-bond acceptors (Lipinski definition) is 3. The zero-order valence-corrected chi connectivity index (χ0v) is 13.2. The Morgan fingerprint density at radius 2 is 1.62 bits per heavy atom. The molecule has 0 amide bonds. The summed E-state index contributed by atoms with van der Waals surface area (Å²) in [5.41, 5.74) is 3.34. The quantitative estimate of drug-likeness (QED) is 0.583. The average Bonchev–Trinajstić information content (AvgIpc) is 3.07. The highest BCUT2D eigenvalue weighted by molar-refractivity contribution is 5.87. The summed E-state index contributed by atoms with van der Waals surface area (Å²) in [6, 6.07) is 19.3. The maximum absolute atomic E-state index is 11.0. The fourth-order valence-corrected chi connectivity index (χ4v) is 2.98. The summed E-state index contributed by atoms with van der Waals surface area (Å²) in [6.45, 7) is 0.673. The Balaban J connectivity index is 1.94. The molecule has 0 aliphatic carbocycles. The molecular formula is C20H18N2O2. The predicted octanol–water partition coefficient (Wildman–Crippen LogP) is 4.14. The number of aryl methyl sites for hydroxylation is 1. The number of ether oxygens (including phenoxy) is 1. The van der Waals surface area contributed by atoms with Crippen molar-refractivity contribution in [2.75, 3.05) is 6.61 Å². The van der Waals surface area contributed by atoms with Gasteiger partial charge < -0.3 is 9.84 Å². The van der Waals surface area contributed by atoms with E-state index in [1.807, 2.05) is 66.9 Å². The summed E-state index contributed by atoms with van der Waals surface area (Å²) < 4.78 is 7.55. The van der Waals surface area contributed by atoms with E-state index in [-0.39, 0.29) is 5.76 Å². The summed E-state index contributed by atoms with van der Waals surface area (Å²) >= 11 is 0. The van der Waals surface area contributed by atoms with Crippen LogP contribution in [0.3, 0.4) is 0 Å². The number of fused-ring (bicyclic) bond motifs is 1. The molecule has 0 unspecified atom stereocenters. The van der Waals surface area contributed by atoms with E-state index in [4.69, 9.17) is 4.74 Å². The zero-order valence-electron chi connectivity index (χ0n) is 13.2. The van der Waals surface area contributed by atoms with Crippen molar-refractivity contribution in [1.82, 2.24) is 9.78 Å². The third kappa shape index (κ3) is 2.56. The first kappa shape index (κ1) is 14.6. The third-order valence-corrected chi connectivity index (χ3v) is 4.16. The molecule has 2 aromatic carbocycles. The van der Waals surface area contributed by atoms with Crippen molar-refractivity contribution < 1.29 is 9.84 Å². The van der Waals surface area contributed by atoms with Crippen molar-refractivity contribution in [3.63, 3.8) is 0 Å². The molecule has 1 N–H and O–H groups in total. The van der Waals surface area contributed by atoms with Crippen molar-refractivity contribution in [2.24, 2.45) is 0 Å². The van der Waals surface area contributed by atoms with Gasteiger partial charge in [-0.3, -0.25) is 0 Å². The van der Waals surface area contributed by atoms with Crippen LogP contribution in [0.5, 0.6) is 5.88 Å². The maximum atomic E-state index is 11.0. The molecule has 1 aliphatic heterocycles. The van der Waals surface area contributed by atoms with E-state index < -0.39 is 0 Å². The lowest BCUT2D eigenvalue weighted by atomic mass is 10.1. The molecule has 1 aromatic heterocycles. The van der Waals surface area contributed by atoms with E-state index in [9.17, 15) is 5.11 Å². The van der Waals surface area contributed by atoms with Crippen LogP contribution in [0.4, 0.5) is 0 Å². The van der Waals surface area contributed by atoms with Crippen molar-refractivity contribution in [3.8, 4) is 5.88 Å². The Morgan fingerprint density at radius 1 is 0.958 bits per heavy atom. The Kier molecular flexibility index (Phi) is 3.79. The maximum Gasteiger partial charge on any atom is 0.220 e. The largest absolute Gasteiger partial charge is 0.505 e. The lowest BCUT2D eigenvalue weighted by molar-refractivity contribution is 0.270. The number of benzene rings is 2. The molecule has 2 heterocycles. The van der Waals surface area contributed by atoms with Gasteiger partial charge >= 0.3 is 0 Å². The molecule has 3 aromatic rings. The van der Waals surface area contributed by atoms with Gasteiger partial charge in [-0.25, -0.2) is 0 Å². The second kappa shape index (κ2) is 6.24. The highest BCUT2D eigenvalue weighted by Crippen LogP contribution is 2.33. The fourth-order valence-electron chi connectivity index (χ4n) is 2.98. The highest BCUT2D eigenvalue weighted by atomic mass is 16.5. The summed E-state index contributed by atoms with van der Waals surface area (Å²) in [4.78, 5) is 0. The molecule has 0 fully saturated rings. The van der Waals surface area contributed by atoms with Crippen molar-refractivity contribution in [3.05, 3.63) is 83.6 Å². The van der Waals surface area contributed by atoms with Crippen LogP contribution in [0, 0.1) is 0 Å². The van der Waals surface area contributed by atoms with E-state index in [0.717, 1.165) is 35.4 Å². The van der Waals surface area contributed by atoms with Crippen LogP contribution >= 0.6 is 0 Å². The molecule has 0 bridgehead atoms. The summed E-state index contributed by atoms with van der Waals surface area (Å²) in [7, 11) is 0. The Hall–Kier alpha value is -3.01. The molecule has 0 atom stereocenters. The lowest BCUT2D eigenvalue weighted by Crippen LogP contribution is -2.13. The second-order valence-electron chi connectivity index (χ2n) is 5.77. The Labute approximate surface area is 140 Å². The topological polar surface area (TPSA) is 47.3 Å². The molecule has 0 saturated heterocycles. The molecular weight excluding hydrogens is 300 g/mol. The van der Waals surface area contributed by atoms with Gasteiger partial charge in [0.15, 0.2) is 0 Å². The van der Waals surface area contributed by atoms with Crippen molar-refractivity contribution >= 4 is 11.5 Å². The number of nitrogens with zero attached hydrogens (tertiary/aromatic N) is 2. The Bertz CT molecular complexity index is 867. The number of rotatable bonds is 3. The van der Waals surface area contributed by atoms with Crippen LogP contribution in [0.25, 0.3) is 11.5 Å². The normalized spacial score (nSPS) is 14.5. The second-order valence-corrected chi connectivity index (χ2v) is 5.77. The molecule has 24 heavy (non-hydrogen) atoms. The van der Waals surface area contributed by atoms with Gasteiger partial charge in [-0.1, -0.05) is 60.7 Å². The van der Waals surface area contributed by atoms with E-state index in [1.54, 1.807) is 4.68 Å². The number of hydrogen-bond donors (Lipinski definition) is 1. The smallest absolute Gasteiger partial charge is 0.220 e. The fraction of sp³-hybridized carbons (Fsp3) is 0.150. The molecule has 1 aliphatic rings. The molecule has 0 spiro atoms.